The van der Waals surface area contributed by atoms with E-state index in [2.05, 4.69) is 10.3 Å². The molecule has 86 valence electrons. The molecule has 0 radical (unpaired) electrons. The molecule has 6 heteroatoms. The van der Waals surface area contributed by atoms with E-state index in [1.165, 1.54) is 16.9 Å². The highest BCUT2D eigenvalue weighted by Gasteiger charge is 2.02. The van der Waals surface area contributed by atoms with E-state index in [0.29, 0.717) is 12.1 Å². The first-order chi connectivity index (χ1) is 8.16. The van der Waals surface area contributed by atoms with Gasteiger partial charge in [0.1, 0.15) is 0 Å². The molecule has 0 saturated heterocycles. The number of nitrogens with zero attached hydrogens (tertiary/aromatic N) is 3. The van der Waals surface area contributed by atoms with Gasteiger partial charge in [-0.1, -0.05) is 17.3 Å². The first kappa shape index (κ1) is 11.0. The second kappa shape index (κ2) is 4.56. The van der Waals surface area contributed by atoms with Crippen LogP contribution in [0.1, 0.15) is 15.9 Å². The van der Waals surface area contributed by atoms with Crippen molar-refractivity contribution in [3.63, 3.8) is 0 Å². The topological polar surface area (TPSA) is 90.9 Å². The molecule has 0 fully saturated rings. The fourth-order valence-electron chi connectivity index (χ4n) is 1.38. The number of carbonyl (C=O) groups excluding carboxylic acids is 1. The molecule has 2 N–H and O–H groups in total. The zero-order chi connectivity index (χ0) is 12.3. The molecule has 0 aliphatic heterocycles. The summed E-state index contributed by atoms with van der Waals surface area (Å²) in [6.07, 6.45) is 1.34. The Bertz CT molecular complexity index is 589. The summed E-state index contributed by atoms with van der Waals surface area (Å²) in [7, 11) is 0. The Hall–Kier alpha value is -2.50. The zero-order valence-electron chi connectivity index (χ0n) is 8.91. The summed E-state index contributed by atoms with van der Waals surface area (Å²) in [4.78, 5) is 22.3. The van der Waals surface area contributed by atoms with Gasteiger partial charge in [0.05, 0.1) is 12.7 Å². The van der Waals surface area contributed by atoms with Gasteiger partial charge in [-0.2, -0.15) is 0 Å². The molecule has 0 unspecified atom stereocenters. The van der Waals surface area contributed by atoms with Crippen molar-refractivity contribution in [2.24, 2.45) is 5.73 Å². The summed E-state index contributed by atoms with van der Waals surface area (Å²) in [5.74, 6) is -0.479. The van der Waals surface area contributed by atoms with Gasteiger partial charge in [0, 0.05) is 11.6 Å². The third-order valence-electron chi connectivity index (χ3n) is 2.27. The Balaban J connectivity index is 2.23. The van der Waals surface area contributed by atoms with Crippen molar-refractivity contribution >= 4 is 5.91 Å². The number of rotatable bonds is 3. The average Bonchev–Trinajstić information content (AvgIpc) is 2.33. The number of aromatic nitrogens is 3. The molecule has 0 saturated carbocycles. The van der Waals surface area contributed by atoms with Gasteiger partial charge in [0.25, 0.3) is 5.56 Å². The van der Waals surface area contributed by atoms with Crippen LogP contribution in [0.4, 0.5) is 0 Å². The maximum atomic E-state index is 11.4. The molecule has 0 spiro atoms. The Morgan fingerprint density at radius 2 is 1.94 bits per heavy atom. The van der Waals surface area contributed by atoms with Crippen LogP contribution in [0.15, 0.2) is 41.3 Å². The van der Waals surface area contributed by atoms with Crippen LogP contribution in [0.25, 0.3) is 0 Å². The predicted octanol–water partition coefficient (Wildman–Crippen LogP) is -0.215. The molecule has 1 heterocycles. The van der Waals surface area contributed by atoms with Crippen LogP contribution in [-0.4, -0.2) is 20.9 Å². The van der Waals surface area contributed by atoms with Gasteiger partial charge in [0.15, 0.2) is 0 Å². The molecule has 0 aliphatic carbocycles. The van der Waals surface area contributed by atoms with Crippen molar-refractivity contribution < 1.29 is 4.79 Å². The molecular weight excluding hydrogens is 220 g/mol. The lowest BCUT2D eigenvalue weighted by Crippen LogP contribution is -2.23. The van der Waals surface area contributed by atoms with Crippen LogP contribution in [-0.2, 0) is 6.54 Å². The van der Waals surface area contributed by atoms with Gasteiger partial charge in [-0.05, 0) is 17.7 Å². The third kappa shape index (κ3) is 2.54. The Morgan fingerprint density at radius 3 is 2.53 bits per heavy atom. The summed E-state index contributed by atoms with van der Waals surface area (Å²) in [6.45, 7) is 0.311. The van der Waals surface area contributed by atoms with Crippen molar-refractivity contribution in [3.05, 3.63) is 58.0 Å². The third-order valence-corrected chi connectivity index (χ3v) is 2.27. The van der Waals surface area contributed by atoms with Crippen LogP contribution in [0.2, 0.25) is 0 Å². The van der Waals surface area contributed by atoms with Crippen molar-refractivity contribution in [2.75, 3.05) is 0 Å². The lowest BCUT2D eigenvalue weighted by molar-refractivity contribution is 0.100. The van der Waals surface area contributed by atoms with Crippen LogP contribution in [0.3, 0.4) is 0 Å². The number of amides is 1. The predicted molar refractivity (Wildman–Crippen MR) is 60.4 cm³/mol. The number of hydrogen-bond acceptors (Lipinski definition) is 4. The molecule has 2 rings (SSSR count). The minimum absolute atomic E-state index is 0.223. The molecule has 0 aliphatic rings. The molecule has 1 aromatic heterocycles. The van der Waals surface area contributed by atoms with E-state index in [4.69, 9.17) is 5.73 Å². The minimum Gasteiger partial charge on any atom is -0.366 e. The molecule has 0 atom stereocenters. The van der Waals surface area contributed by atoms with Crippen LogP contribution >= 0.6 is 0 Å². The van der Waals surface area contributed by atoms with E-state index in [1.54, 1.807) is 24.3 Å². The van der Waals surface area contributed by atoms with E-state index >= 15 is 0 Å². The second-order valence-electron chi connectivity index (χ2n) is 3.48. The fourth-order valence-corrected chi connectivity index (χ4v) is 1.38. The van der Waals surface area contributed by atoms with E-state index in [9.17, 15) is 9.59 Å². The molecule has 1 amide bonds. The second-order valence-corrected chi connectivity index (χ2v) is 3.48. The van der Waals surface area contributed by atoms with Crippen molar-refractivity contribution in [1.29, 1.82) is 0 Å². The minimum atomic E-state index is -0.479. The van der Waals surface area contributed by atoms with Gasteiger partial charge >= 0.3 is 0 Å². The molecule has 6 nitrogen and oxygen atoms in total. The molecule has 0 bridgehead atoms. The highest BCUT2D eigenvalue weighted by Crippen LogP contribution is 2.04. The Kier molecular flexibility index (Phi) is 2.95. The Labute approximate surface area is 96.7 Å². The smallest absolute Gasteiger partial charge is 0.269 e. The average molecular weight is 230 g/mol. The first-order valence-electron chi connectivity index (χ1n) is 4.94. The quantitative estimate of drug-likeness (QED) is 0.789. The van der Waals surface area contributed by atoms with Crippen LogP contribution < -0.4 is 11.3 Å². The summed E-state index contributed by atoms with van der Waals surface area (Å²) in [5.41, 5.74) is 6.18. The number of benzene rings is 1. The van der Waals surface area contributed by atoms with E-state index < -0.39 is 5.91 Å². The molecule has 2 aromatic rings. The van der Waals surface area contributed by atoms with Gasteiger partial charge in [-0.3, -0.25) is 9.59 Å². The maximum Gasteiger partial charge on any atom is 0.269 e. The normalized spacial score (nSPS) is 10.1. The summed E-state index contributed by atoms with van der Waals surface area (Å²) in [6, 6.07) is 8.01. The summed E-state index contributed by atoms with van der Waals surface area (Å²) < 4.78 is 1.24. The van der Waals surface area contributed by atoms with Crippen molar-refractivity contribution in [2.45, 2.75) is 6.54 Å². The summed E-state index contributed by atoms with van der Waals surface area (Å²) in [5, 5.41) is 7.32. The first-order valence-corrected chi connectivity index (χ1v) is 4.94. The van der Waals surface area contributed by atoms with E-state index in [1.807, 2.05) is 0 Å². The Morgan fingerprint density at radius 1 is 1.24 bits per heavy atom. The highest BCUT2D eigenvalue weighted by molar-refractivity contribution is 5.92. The SMILES string of the molecule is NC(=O)c1ccc(Cn2nnccc2=O)cc1. The summed E-state index contributed by atoms with van der Waals surface area (Å²) >= 11 is 0. The van der Waals surface area contributed by atoms with E-state index in [0.717, 1.165) is 5.56 Å². The van der Waals surface area contributed by atoms with Crippen LogP contribution in [0, 0.1) is 0 Å². The van der Waals surface area contributed by atoms with Crippen molar-refractivity contribution in [3.8, 4) is 0 Å². The van der Waals surface area contributed by atoms with Gasteiger partial charge in [-0.25, -0.2) is 4.68 Å². The maximum absolute atomic E-state index is 11.4. The monoisotopic (exact) mass is 230 g/mol. The van der Waals surface area contributed by atoms with Gasteiger partial charge in [0.2, 0.25) is 5.91 Å². The van der Waals surface area contributed by atoms with Gasteiger partial charge in [-0.15, -0.1) is 5.10 Å². The lowest BCUT2D eigenvalue weighted by Gasteiger charge is -2.03. The lowest BCUT2D eigenvalue weighted by atomic mass is 10.1. The standard InChI is InChI=1S/C11H10N4O2/c12-11(17)9-3-1-8(2-4-9)7-15-10(16)5-6-13-14-15/h1-6H,7H2,(H2,12,17). The number of hydrogen-bond donors (Lipinski definition) is 1. The number of carbonyl (C=O) groups is 1. The van der Waals surface area contributed by atoms with Gasteiger partial charge < -0.3 is 5.73 Å². The highest BCUT2D eigenvalue weighted by atomic mass is 16.1. The van der Waals surface area contributed by atoms with Crippen molar-refractivity contribution in [1.82, 2.24) is 15.0 Å². The molecular formula is C11H10N4O2. The molecule has 1 aromatic carbocycles. The fraction of sp³-hybridized carbons (Fsp3) is 0.0909. The number of nitrogens with two attached hydrogens (primary N) is 1. The van der Waals surface area contributed by atoms with Crippen LogP contribution in [0.5, 0.6) is 0 Å². The number of primary amides is 1. The zero-order valence-corrected chi connectivity index (χ0v) is 8.91. The molecule has 17 heavy (non-hydrogen) atoms. The van der Waals surface area contributed by atoms with E-state index in [-0.39, 0.29) is 5.56 Å². The largest absolute Gasteiger partial charge is 0.366 e.